The minimum atomic E-state index is -0.687. The van der Waals surface area contributed by atoms with Crippen LogP contribution in [0.3, 0.4) is 0 Å². The summed E-state index contributed by atoms with van der Waals surface area (Å²) < 4.78 is 29.1. The molecule has 6 nitrogen and oxygen atoms in total. The van der Waals surface area contributed by atoms with Gasteiger partial charge in [0.05, 0.1) is 37.4 Å². The molecular formula is C36H12F2N6. The SMILES string of the molecule is [C-]#[N+]/C(C#N)=C1C2=C(/C(=C(\C#N)[N+]#[C-])c3ccc(-c4ccc([N+]#[C-])c(F)c4)cc32)c2cc(-c3ccc(C#N)c(F)c3)ccc2\1. The minimum Gasteiger partial charge on any atom is -0.235 e. The zero-order valence-corrected chi connectivity index (χ0v) is 22.4. The van der Waals surface area contributed by atoms with Gasteiger partial charge in [-0.15, -0.1) is 0 Å². The van der Waals surface area contributed by atoms with Gasteiger partial charge in [0, 0.05) is 11.1 Å². The summed E-state index contributed by atoms with van der Waals surface area (Å²) in [5, 5.41) is 29.1. The number of nitriles is 3. The largest absolute Gasteiger partial charge is 0.270 e. The first-order valence-electron chi connectivity index (χ1n) is 12.8. The van der Waals surface area contributed by atoms with E-state index in [4.69, 9.17) is 25.0 Å². The summed E-state index contributed by atoms with van der Waals surface area (Å²) in [5.74, 6) is -1.37. The van der Waals surface area contributed by atoms with Crippen molar-refractivity contribution in [2.75, 3.05) is 0 Å². The second-order valence-corrected chi connectivity index (χ2v) is 9.75. The van der Waals surface area contributed by atoms with E-state index in [0.717, 1.165) is 0 Å². The lowest BCUT2D eigenvalue weighted by molar-refractivity contribution is 0.624. The van der Waals surface area contributed by atoms with Crippen molar-refractivity contribution in [3.05, 3.63) is 158 Å². The molecule has 0 saturated heterocycles. The van der Waals surface area contributed by atoms with E-state index in [0.29, 0.717) is 66.8 Å². The molecule has 0 spiro atoms. The lowest BCUT2D eigenvalue weighted by Crippen LogP contribution is -1.96. The van der Waals surface area contributed by atoms with E-state index in [2.05, 4.69) is 14.5 Å². The predicted molar refractivity (Wildman–Crippen MR) is 160 cm³/mol. The summed E-state index contributed by atoms with van der Waals surface area (Å²) in [6.07, 6.45) is 0. The summed E-state index contributed by atoms with van der Waals surface area (Å²) in [7, 11) is 0. The van der Waals surface area contributed by atoms with Crippen LogP contribution in [0.25, 0.3) is 59.1 Å². The summed E-state index contributed by atoms with van der Waals surface area (Å²) in [4.78, 5) is 10.1. The summed E-state index contributed by atoms with van der Waals surface area (Å²) in [6, 6.07) is 24.6. The summed E-state index contributed by atoms with van der Waals surface area (Å²) in [6.45, 7) is 22.7. The second-order valence-electron chi connectivity index (χ2n) is 9.75. The highest BCUT2D eigenvalue weighted by Gasteiger charge is 2.39. The van der Waals surface area contributed by atoms with Gasteiger partial charge in [0.1, 0.15) is 17.7 Å². The highest BCUT2D eigenvalue weighted by molar-refractivity contribution is 6.37. The number of nitrogens with zero attached hydrogens (tertiary/aromatic N) is 6. The molecule has 0 atom stereocenters. The average Bonchev–Trinajstić information content (AvgIpc) is 3.55. The van der Waals surface area contributed by atoms with Crippen LogP contribution in [0.1, 0.15) is 27.8 Å². The van der Waals surface area contributed by atoms with Crippen molar-refractivity contribution >= 4 is 28.0 Å². The number of allylic oxidation sites excluding steroid dienone is 6. The molecule has 0 bridgehead atoms. The number of hydrogen-bond acceptors (Lipinski definition) is 3. The third-order valence-electron chi connectivity index (χ3n) is 7.60. The maximum atomic E-state index is 14.6. The lowest BCUT2D eigenvalue weighted by Gasteiger charge is -2.15. The first-order chi connectivity index (χ1) is 21.4. The van der Waals surface area contributed by atoms with Gasteiger partial charge in [-0.2, -0.15) is 5.26 Å². The molecule has 4 aromatic rings. The minimum absolute atomic E-state index is 0.104. The zero-order valence-electron chi connectivity index (χ0n) is 22.4. The van der Waals surface area contributed by atoms with E-state index in [1.165, 1.54) is 24.3 Å². The highest BCUT2D eigenvalue weighted by Crippen LogP contribution is 2.60. The molecule has 2 aliphatic carbocycles. The number of benzene rings is 4. The molecule has 4 aromatic carbocycles. The van der Waals surface area contributed by atoms with Crippen molar-refractivity contribution in [1.82, 2.24) is 0 Å². The monoisotopic (exact) mass is 566 g/mol. The molecule has 0 aliphatic heterocycles. The molecule has 8 heteroatoms. The Hall–Kier alpha value is -7.10. The maximum Gasteiger partial charge on any atom is 0.270 e. The van der Waals surface area contributed by atoms with E-state index in [9.17, 15) is 19.3 Å². The Morgan fingerprint density at radius 3 is 1.43 bits per heavy atom. The van der Waals surface area contributed by atoms with Crippen LogP contribution in [0, 0.1) is 65.3 Å². The summed E-state index contributed by atoms with van der Waals surface area (Å²) in [5.41, 5.74) is 5.30. The van der Waals surface area contributed by atoms with E-state index in [1.807, 2.05) is 12.1 Å². The smallest absolute Gasteiger partial charge is 0.235 e. The Kier molecular flexibility index (Phi) is 6.39. The van der Waals surface area contributed by atoms with Crippen LogP contribution in [-0.4, -0.2) is 0 Å². The third kappa shape index (κ3) is 3.94. The molecule has 0 heterocycles. The van der Waals surface area contributed by atoms with Crippen LogP contribution in [0.15, 0.2) is 84.2 Å². The molecular weight excluding hydrogens is 554 g/mol. The standard InChI is InChI=1S/C36H12F2N6/c1-42-30-11-8-22(15-29(30)38)20-7-10-25-27(13-20)36-33(31(17-40)43-2)24-9-6-19(21-4-5-23(16-39)28(37)14-21)12-26(24)35(36)34(25)32(18-41)44-3/h4-15H/b33-31-,34-32+. The van der Waals surface area contributed by atoms with E-state index in [1.54, 1.807) is 54.6 Å². The highest BCUT2D eigenvalue weighted by atomic mass is 19.1. The molecule has 6 rings (SSSR count). The second kappa shape index (κ2) is 10.4. The fourth-order valence-electron chi connectivity index (χ4n) is 5.68. The molecule has 44 heavy (non-hydrogen) atoms. The summed E-state index contributed by atoms with van der Waals surface area (Å²) >= 11 is 0. The van der Waals surface area contributed by atoms with Crippen molar-refractivity contribution < 1.29 is 8.78 Å². The van der Waals surface area contributed by atoms with E-state index >= 15 is 0 Å². The van der Waals surface area contributed by atoms with Gasteiger partial charge in [0.15, 0.2) is 0 Å². The van der Waals surface area contributed by atoms with Crippen molar-refractivity contribution in [1.29, 1.82) is 15.8 Å². The van der Waals surface area contributed by atoms with E-state index < -0.39 is 11.6 Å². The topological polar surface area (TPSA) is 84.4 Å². The fraction of sp³-hybridized carbons (Fsp3) is 0. The quantitative estimate of drug-likeness (QED) is 0.179. The van der Waals surface area contributed by atoms with Gasteiger partial charge in [0.25, 0.3) is 11.4 Å². The van der Waals surface area contributed by atoms with Gasteiger partial charge >= 0.3 is 0 Å². The van der Waals surface area contributed by atoms with Crippen LogP contribution in [0.2, 0.25) is 0 Å². The Morgan fingerprint density at radius 2 is 1.02 bits per heavy atom. The number of rotatable bonds is 2. The average molecular weight is 567 g/mol. The van der Waals surface area contributed by atoms with Gasteiger partial charge in [-0.3, -0.25) is 0 Å². The number of fused-ring (bicyclic) bond motifs is 4. The van der Waals surface area contributed by atoms with Crippen LogP contribution in [-0.2, 0) is 0 Å². The van der Waals surface area contributed by atoms with Gasteiger partial charge in [-0.25, -0.2) is 33.8 Å². The maximum absolute atomic E-state index is 14.6. The Morgan fingerprint density at radius 1 is 0.568 bits per heavy atom. The normalized spacial score (nSPS) is 14.5. The first-order valence-corrected chi connectivity index (χ1v) is 12.8. The number of halogens is 2. The van der Waals surface area contributed by atoms with E-state index in [-0.39, 0.29) is 22.6 Å². The molecule has 2 aliphatic rings. The molecule has 0 saturated carbocycles. The molecule has 0 radical (unpaired) electrons. The molecule has 0 fully saturated rings. The zero-order chi connectivity index (χ0) is 31.1. The van der Waals surface area contributed by atoms with Gasteiger partial charge in [-0.1, -0.05) is 42.5 Å². The Balaban J connectivity index is 1.67. The lowest BCUT2D eigenvalue weighted by atomic mass is 9.88. The van der Waals surface area contributed by atoms with Crippen LogP contribution in [0.5, 0.6) is 0 Å². The Labute approximate surface area is 250 Å². The predicted octanol–water partition coefficient (Wildman–Crippen LogP) is 8.97. The molecule has 0 N–H and O–H groups in total. The van der Waals surface area contributed by atoms with Crippen molar-refractivity contribution in [2.24, 2.45) is 0 Å². The van der Waals surface area contributed by atoms with Crippen LogP contribution < -0.4 is 0 Å². The first kappa shape index (κ1) is 27.1. The Bertz CT molecular complexity index is 2170. The molecule has 0 aromatic heterocycles. The van der Waals surface area contributed by atoms with Crippen molar-refractivity contribution in [3.63, 3.8) is 0 Å². The van der Waals surface area contributed by atoms with Crippen LogP contribution >= 0.6 is 0 Å². The van der Waals surface area contributed by atoms with Gasteiger partial charge in [-0.05, 0) is 86.0 Å². The van der Waals surface area contributed by atoms with Crippen LogP contribution in [0.4, 0.5) is 14.5 Å². The van der Waals surface area contributed by atoms with Gasteiger partial charge < -0.3 is 0 Å². The third-order valence-corrected chi connectivity index (χ3v) is 7.60. The fourth-order valence-corrected chi connectivity index (χ4v) is 5.68. The van der Waals surface area contributed by atoms with Crippen molar-refractivity contribution in [2.45, 2.75) is 0 Å². The number of hydrogen-bond donors (Lipinski definition) is 0. The van der Waals surface area contributed by atoms with Gasteiger partial charge in [0.2, 0.25) is 5.69 Å². The molecule has 0 amide bonds. The van der Waals surface area contributed by atoms with Crippen molar-refractivity contribution in [3.8, 4) is 40.5 Å². The molecule has 200 valence electrons. The molecule has 0 unspecified atom stereocenters.